The molecule has 1 aromatic heterocycles. The minimum Gasteiger partial charge on any atom is -0.450 e. The van der Waals surface area contributed by atoms with Crippen molar-refractivity contribution in [3.8, 4) is 11.3 Å². The molecule has 6 nitrogen and oxygen atoms in total. The summed E-state index contributed by atoms with van der Waals surface area (Å²) in [5, 5.41) is 5.87. The van der Waals surface area contributed by atoms with Crippen LogP contribution in [0.25, 0.3) is 11.3 Å². The zero-order valence-corrected chi connectivity index (χ0v) is 13.8. The Kier molecular flexibility index (Phi) is 5.21. The molecular weight excluding hydrogens is 316 g/mol. The van der Waals surface area contributed by atoms with E-state index in [1.165, 1.54) is 6.33 Å². The third-order valence-electron chi connectivity index (χ3n) is 3.42. The predicted octanol–water partition coefficient (Wildman–Crippen LogP) is 4.46. The summed E-state index contributed by atoms with van der Waals surface area (Å²) in [6.07, 6.45) is 1.06. The number of nitrogens with one attached hydrogen (secondary N) is 2. The Bertz CT molecular complexity index is 836. The number of ether oxygens (including phenoxy) is 1. The first-order chi connectivity index (χ1) is 12.2. The molecule has 0 aliphatic rings. The van der Waals surface area contributed by atoms with Crippen LogP contribution in [-0.4, -0.2) is 22.7 Å². The first-order valence-electron chi connectivity index (χ1n) is 7.93. The largest absolute Gasteiger partial charge is 0.450 e. The highest BCUT2D eigenvalue weighted by atomic mass is 16.5. The molecule has 2 N–H and O–H groups in total. The number of hydrogen-bond acceptors (Lipinski definition) is 5. The van der Waals surface area contributed by atoms with Crippen molar-refractivity contribution in [2.45, 2.75) is 6.92 Å². The zero-order valence-electron chi connectivity index (χ0n) is 13.8. The van der Waals surface area contributed by atoms with E-state index in [2.05, 4.69) is 20.6 Å². The second-order valence-electron chi connectivity index (χ2n) is 5.20. The van der Waals surface area contributed by atoms with E-state index in [9.17, 15) is 4.79 Å². The van der Waals surface area contributed by atoms with Crippen LogP contribution in [0.15, 0.2) is 67.0 Å². The van der Waals surface area contributed by atoms with Crippen LogP contribution in [0.2, 0.25) is 0 Å². The van der Waals surface area contributed by atoms with Gasteiger partial charge in [0.1, 0.15) is 12.1 Å². The summed E-state index contributed by atoms with van der Waals surface area (Å²) in [7, 11) is 0. The molecule has 25 heavy (non-hydrogen) atoms. The molecule has 6 heteroatoms. The number of aromatic nitrogens is 2. The molecule has 2 aromatic carbocycles. The molecule has 0 saturated carbocycles. The third-order valence-corrected chi connectivity index (χ3v) is 3.42. The van der Waals surface area contributed by atoms with Crippen molar-refractivity contribution in [3.05, 3.63) is 67.0 Å². The lowest BCUT2D eigenvalue weighted by molar-refractivity contribution is 0.168. The summed E-state index contributed by atoms with van der Waals surface area (Å²) >= 11 is 0. The molecule has 0 unspecified atom stereocenters. The third kappa shape index (κ3) is 4.54. The van der Waals surface area contributed by atoms with E-state index in [-0.39, 0.29) is 0 Å². The van der Waals surface area contributed by atoms with Crippen LogP contribution in [0.1, 0.15) is 6.92 Å². The minimum absolute atomic E-state index is 0.336. The van der Waals surface area contributed by atoms with E-state index in [4.69, 9.17) is 4.74 Å². The second kappa shape index (κ2) is 7.92. The van der Waals surface area contributed by atoms with Crippen molar-refractivity contribution < 1.29 is 9.53 Å². The lowest BCUT2D eigenvalue weighted by Crippen LogP contribution is -2.13. The van der Waals surface area contributed by atoms with Gasteiger partial charge in [0.2, 0.25) is 0 Å². The summed E-state index contributed by atoms with van der Waals surface area (Å²) in [4.78, 5) is 19.9. The van der Waals surface area contributed by atoms with Crippen LogP contribution in [0.3, 0.4) is 0 Å². The summed E-state index contributed by atoms with van der Waals surface area (Å²) in [6.45, 7) is 2.10. The Labute approximate surface area is 145 Å². The van der Waals surface area contributed by atoms with Crippen molar-refractivity contribution in [1.82, 2.24) is 9.97 Å². The zero-order chi connectivity index (χ0) is 17.5. The van der Waals surface area contributed by atoms with E-state index in [1.807, 2.05) is 48.5 Å². The average molecular weight is 334 g/mol. The number of benzene rings is 2. The molecule has 0 aliphatic carbocycles. The van der Waals surface area contributed by atoms with E-state index < -0.39 is 6.09 Å². The van der Waals surface area contributed by atoms with Gasteiger partial charge in [0.05, 0.1) is 12.3 Å². The molecule has 0 fully saturated rings. The quantitative estimate of drug-likeness (QED) is 0.720. The number of hydrogen-bond donors (Lipinski definition) is 2. The summed E-state index contributed by atoms with van der Waals surface area (Å²) in [5.74, 6) is 0.694. The first-order valence-corrected chi connectivity index (χ1v) is 7.93. The fourth-order valence-electron chi connectivity index (χ4n) is 2.26. The van der Waals surface area contributed by atoms with E-state index in [0.29, 0.717) is 18.1 Å². The van der Waals surface area contributed by atoms with Crippen molar-refractivity contribution in [2.75, 3.05) is 17.2 Å². The van der Waals surface area contributed by atoms with Gasteiger partial charge in [-0.15, -0.1) is 0 Å². The van der Waals surface area contributed by atoms with Crippen molar-refractivity contribution >= 4 is 23.3 Å². The molecule has 126 valence electrons. The second-order valence-corrected chi connectivity index (χ2v) is 5.20. The Morgan fingerprint density at radius 2 is 1.72 bits per heavy atom. The van der Waals surface area contributed by atoms with Gasteiger partial charge in [-0.3, -0.25) is 5.32 Å². The minimum atomic E-state index is -0.466. The molecule has 0 aliphatic heterocycles. The average Bonchev–Trinajstić information content (AvgIpc) is 2.65. The van der Waals surface area contributed by atoms with Gasteiger partial charge >= 0.3 is 6.09 Å². The maximum atomic E-state index is 11.4. The molecule has 1 heterocycles. The van der Waals surface area contributed by atoms with Crippen LogP contribution < -0.4 is 10.6 Å². The number of rotatable bonds is 5. The highest BCUT2D eigenvalue weighted by Crippen LogP contribution is 2.21. The molecule has 0 radical (unpaired) electrons. The van der Waals surface area contributed by atoms with Crippen molar-refractivity contribution in [2.24, 2.45) is 0 Å². The van der Waals surface area contributed by atoms with Crippen LogP contribution in [0.5, 0.6) is 0 Å². The lowest BCUT2D eigenvalue weighted by Gasteiger charge is -2.09. The van der Waals surface area contributed by atoms with Crippen LogP contribution in [0, 0.1) is 0 Å². The Morgan fingerprint density at radius 1 is 1.00 bits per heavy atom. The number of amides is 1. The fourth-order valence-corrected chi connectivity index (χ4v) is 2.26. The molecular formula is C19H18N4O2. The smallest absolute Gasteiger partial charge is 0.411 e. The number of anilines is 3. The summed E-state index contributed by atoms with van der Waals surface area (Å²) in [6, 6.07) is 19.1. The van der Waals surface area contributed by atoms with E-state index in [0.717, 1.165) is 16.9 Å². The molecule has 1 amide bonds. The van der Waals surface area contributed by atoms with E-state index in [1.54, 1.807) is 19.1 Å². The van der Waals surface area contributed by atoms with Crippen molar-refractivity contribution in [3.63, 3.8) is 0 Å². The lowest BCUT2D eigenvalue weighted by atomic mass is 10.1. The topological polar surface area (TPSA) is 76.1 Å². The van der Waals surface area contributed by atoms with Crippen LogP contribution in [0.4, 0.5) is 22.0 Å². The number of carbonyl (C=O) groups excluding carboxylic acids is 1. The van der Waals surface area contributed by atoms with Gasteiger partial charge in [0.15, 0.2) is 0 Å². The van der Waals surface area contributed by atoms with Gasteiger partial charge in [0, 0.05) is 23.0 Å². The van der Waals surface area contributed by atoms with Gasteiger partial charge in [0.25, 0.3) is 0 Å². The Morgan fingerprint density at radius 3 is 2.44 bits per heavy atom. The van der Waals surface area contributed by atoms with Gasteiger partial charge < -0.3 is 10.1 Å². The van der Waals surface area contributed by atoms with Crippen LogP contribution in [-0.2, 0) is 4.74 Å². The Balaban J connectivity index is 1.69. The summed E-state index contributed by atoms with van der Waals surface area (Å²) in [5.41, 5.74) is 3.39. The van der Waals surface area contributed by atoms with Gasteiger partial charge in [-0.1, -0.05) is 30.3 Å². The van der Waals surface area contributed by atoms with Gasteiger partial charge in [-0.2, -0.15) is 0 Å². The van der Waals surface area contributed by atoms with Gasteiger partial charge in [-0.05, 0) is 31.2 Å². The molecule has 3 rings (SSSR count). The summed E-state index contributed by atoms with van der Waals surface area (Å²) < 4.78 is 4.84. The molecule has 0 bridgehead atoms. The molecule has 0 atom stereocenters. The predicted molar refractivity (Wildman–Crippen MR) is 97.8 cm³/mol. The number of carbonyl (C=O) groups is 1. The SMILES string of the molecule is CCOC(=O)Nc1ccc(Nc2cc(-c3ccccc3)ncn2)cc1. The molecule has 0 spiro atoms. The first kappa shape index (κ1) is 16.4. The fraction of sp³-hybridized carbons (Fsp3) is 0.105. The monoisotopic (exact) mass is 334 g/mol. The number of nitrogens with zero attached hydrogens (tertiary/aromatic N) is 2. The maximum absolute atomic E-state index is 11.4. The molecule has 0 saturated heterocycles. The van der Waals surface area contributed by atoms with Gasteiger partial charge in [-0.25, -0.2) is 14.8 Å². The highest BCUT2D eigenvalue weighted by molar-refractivity contribution is 5.85. The van der Waals surface area contributed by atoms with Crippen molar-refractivity contribution in [1.29, 1.82) is 0 Å². The van der Waals surface area contributed by atoms with E-state index >= 15 is 0 Å². The molecule has 3 aromatic rings. The van der Waals surface area contributed by atoms with Crippen LogP contribution >= 0.6 is 0 Å². The highest BCUT2D eigenvalue weighted by Gasteiger charge is 2.04. The standard InChI is InChI=1S/C19H18N4O2/c1-2-25-19(24)23-16-10-8-15(9-11-16)22-18-12-17(20-13-21-18)14-6-4-3-5-7-14/h3-13H,2H2,1H3,(H,23,24)(H,20,21,22). The Hall–Kier alpha value is -3.41. The maximum Gasteiger partial charge on any atom is 0.411 e. The normalized spacial score (nSPS) is 10.1.